The van der Waals surface area contributed by atoms with Crippen LogP contribution in [0.2, 0.25) is 0 Å². The lowest BCUT2D eigenvalue weighted by Crippen LogP contribution is -2.50. The Morgan fingerprint density at radius 2 is 1.70 bits per heavy atom. The third-order valence-electron chi connectivity index (χ3n) is 5.40. The first kappa shape index (κ1) is 14.1. The van der Waals surface area contributed by atoms with Crippen LogP contribution in [-0.2, 0) is 6.42 Å². The molecular weight excluding hydrogens is 246 g/mol. The van der Waals surface area contributed by atoms with E-state index in [1.165, 1.54) is 24.0 Å². The van der Waals surface area contributed by atoms with E-state index in [0.717, 1.165) is 19.3 Å². The fourth-order valence-electron chi connectivity index (χ4n) is 4.09. The third kappa shape index (κ3) is 2.64. The van der Waals surface area contributed by atoms with Gasteiger partial charge in [-0.3, -0.25) is 0 Å². The molecule has 1 N–H and O–H groups in total. The molecule has 0 amide bonds. The predicted octanol–water partition coefficient (Wildman–Crippen LogP) is 3.34. The third-order valence-corrected chi connectivity index (χ3v) is 5.40. The number of rotatable bonds is 3. The standard InChI is InChI=1S/C18H27NO/c1-13(2)15-6-4-14(5-7-15)10-18(20)11-16-8-9-17(12-18)19(16)3/h4-7,13,16-17,20H,8-12H2,1-3H3. The summed E-state index contributed by atoms with van der Waals surface area (Å²) in [5, 5.41) is 11.0. The molecule has 0 aromatic heterocycles. The molecule has 0 aliphatic carbocycles. The van der Waals surface area contributed by atoms with Gasteiger partial charge in [-0.15, -0.1) is 0 Å². The van der Waals surface area contributed by atoms with Crippen LogP contribution in [0.3, 0.4) is 0 Å². The topological polar surface area (TPSA) is 23.5 Å². The van der Waals surface area contributed by atoms with E-state index in [2.05, 4.69) is 50.1 Å². The number of hydrogen-bond acceptors (Lipinski definition) is 2. The summed E-state index contributed by atoms with van der Waals surface area (Å²) in [5.41, 5.74) is 2.17. The van der Waals surface area contributed by atoms with E-state index in [9.17, 15) is 5.11 Å². The average Bonchev–Trinajstić information content (AvgIpc) is 2.62. The summed E-state index contributed by atoms with van der Waals surface area (Å²) in [7, 11) is 2.22. The summed E-state index contributed by atoms with van der Waals surface area (Å²) in [6, 6.07) is 10.0. The second-order valence-corrected chi connectivity index (χ2v) is 7.26. The molecule has 1 aromatic carbocycles. The van der Waals surface area contributed by atoms with Crippen molar-refractivity contribution in [3.8, 4) is 0 Å². The number of hydrogen-bond donors (Lipinski definition) is 1. The predicted molar refractivity (Wildman–Crippen MR) is 83.0 cm³/mol. The van der Waals surface area contributed by atoms with Crippen LogP contribution in [0.1, 0.15) is 56.6 Å². The maximum absolute atomic E-state index is 11.0. The van der Waals surface area contributed by atoms with Crippen molar-refractivity contribution in [1.82, 2.24) is 4.90 Å². The van der Waals surface area contributed by atoms with Crippen molar-refractivity contribution in [1.29, 1.82) is 0 Å². The maximum atomic E-state index is 11.0. The van der Waals surface area contributed by atoms with Crippen LogP contribution < -0.4 is 0 Å². The molecule has 2 nitrogen and oxygen atoms in total. The SMILES string of the molecule is CC(C)c1ccc(CC2(O)CC3CCC(C2)N3C)cc1. The lowest BCUT2D eigenvalue weighted by Gasteiger charge is -2.42. The minimum atomic E-state index is -0.488. The highest BCUT2D eigenvalue weighted by Gasteiger charge is 2.45. The van der Waals surface area contributed by atoms with Gasteiger partial charge in [0, 0.05) is 18.5 Å². The van der Waals surface area contributed by atoms with Gasteiger partial charge >= 0.3 is 0 Å². The smallest absolute Gasteiger partial charge is 0.0717 e. The van der Waals surface area contributed by atoms with E-state index < -0.39 is 5.60 Å². The van der Waals surface area contributed by atoms with Gasteiger partial charge in [0.25, 0.3) is 0 Å². The summed E-state index contributed by atoms with van der Waals surface area (Å²) >= 11 is 0. The molecule has 2 atom stereocenters. The van der Waals surface area contributed by atoms with Gasteiger partial charge in [-0.1, -0.05) is 38.1 Å². The Kier molecular flexibility index (Phi) is 3.64. The molecule has 2 aliphatic heterocycles. The van der Waals surface area contributed by atoms with E-state index in [-0.39, 0.29) is 0 Å². The van der Waals surface area contributed by atoms with Crippen molar-refractivity contribution in [2.45, 2.75) is 69.6 Å². The van der Waals surface area contributed by atoms with Crippen LogP contribution >= 0.6 is 0 Å². The zero-order valence-corrected chi connectivity index (χ0v) is 13.0. The van der Waals surface area contributed by atoms with Crippen LogP contribution in [0.15, 0.2) is 24.3 Å². The van der Waals surface area contributed by atoms with Crippen molar-refractivity contribution >= 4 is 0 Å². The summed E-state index contributed by atoms with van der Waals surface area (Å²) < 4.78 is 0. The first-order chi connectivity index (χ1) is 9.47. The van der Waals surface area contributed by atoms with Crippen molar-refractivity contribution in [3.63, 3.8) is 0 Å². The zero-order valence-electron chi connectivity index (χ0n) is 13.0. The Morgan fingerprint density at radius 1 is 1.15 bits per heavy atom. The quantitative estimate of drug-likeness (QED) is 0.913. The van der Waals surface area contributed by atoms with Crippen LogP contribution in [-0.4, -0.2) is 34.7 Å². The Labute approximate surface area is 122 Å². The van der Waals surface area contributed by atoms with Crippen molar-refractivity contribution in [3.05, 3.63) is 35.4 Å². The zero-order chi connectivity index (χ0) is 14.3. The van der Waals surface area contributed by atoms with Gasteiger partial charge in [-0.05, 0) is 49.8 Å². The molecule has 3 rings (SSSR count). The Bertz CT molecular complexity index is 451. The van der Waals surface area contributed by atoms with Gasteiger partial charge in [0.2, 0.25) is 0 Å². The fourth-order valence-corrected chi connectivity index (χ4v) is 4.09. The van der Waals surface area contributed by atoms with Gasteiger partial charge < -0.3 is 10.0 Å². The second kappa shape index (κ2) is 5.16. The monoisotopic (exact) mass is 273 g/mol. The molecule has 2 aliphatic rings. The summed E-state index contributed by atoms with van der Waals surface area (Å²) in [6.45, 7) is 4.44. The molecule has 2 saturated heterocycles. The van der Waals surface area contributed by atoms with E-state index in [1.807, 2.05) is 0 Å². The van der Waals surface area contributed by atoms with E-state index >= 15 is 0 Å². The summed E-state index contributed by atoms with van der Waals surface area (Å²) in [4.78, 5) is 2.48. The number of nitrogens with zero attached hydrogens (tertiary/aromatic N) is 1. The van der Waals surface area contributed by atoms with Gasteiger partial charge in [0.05, 0.1) is 5.60 Å². The molecule has 0 spiro atoms. The molecule has 20 heavy (non-hydrogen) atoms. The number of benzene rings is 1. The normalized spacial score (nSPS) is 33.9. The highest BCUT2D eigenvalue weighted by Crippen LogP contribution is 2.41. The van der Waals surface area contributed by atoms with E-state index in [1.54, 1.807) is 0 Å². The molecule has 2 heterocycles. The van der Waals surface area contributed by atoms with E-state index in [4.69, 9.17) is 0 Å². The van der Waals surface area contributed by atoms with Crippen molar-refractivity contribution in [2.75, 3.05) is 7.05 Å². The van der Waals surface area contributed by atoms with Gasteiger partial charge in [0.15, 0.2) is 0 Å². The van der Waals surface area contributed by atoms with Crippen LogP contribution in [0.25, 0.3) is 0 Å². The molecular formula is C18H27NO. The Morgan fingerprint density at radius 3 is 2.20 bits per heavy atom. The molecule has 0 saturated carbocycles. The maximum Gasteiger partial charge on any atom is 0.0717 e. The Hall–Kier alpha value is -0.860. The van der Waals surface area contributed by atoms with Crippen LogP contribution in [0.4, 0.5) is 0 Å². The highest BCUT2D eigenvalue weighted by molar-refractivity contribution is 5.26. The average molecular weight is 273 g/mol. The molecule has 2 heteroatoms. The molecule has 1 aromatic rings. The molecule has 2 unspecified atom stereocenters. The van der Waals surface area contributed by atoms with E-state index in [0.29, 0.717) is 18.0 Å². The minimum Gasteiger partial charge on any atom is -0.389 e. The molecule has 2 fully saturated rings. The second-order valence-electron chi connectivity index (χ2n) is 7.26. The van der Waals surface area contributed by atoms with Crippen molar-refractivity contribution in [2.24, 2.45) is 0 Å². The Balaban J connectivity index is 1.71. The highest BCUT2D eigenvalue weighted by atomic mass is 16.3. The first-order valence-corrected chi connectivity index (χ1v) is 8.00. The number of aliphatic hydroxyl groups is 1. The minimum absolute atomic E-state index is 0.488. The molecule has 110 valence electrons. The summed E-state index contributed by atoms with van der Waals surface area (Å²) in [5.74, 6) is 0.575. The van der Waals surface area contributed by atoms with Gasteiger partial charge in [0.1, 0.15) is 0 Å². The van der Waals surface area contributed by atoms with Crippen LogP contribution in [0, 0.1) is 0 Å². The fraction of sp³-hybridized carbons (Fsp3) is 0.667. The van der Waals surface area contributed by atoms with Gasteiger partial charge in [-0.2, -0.15) is 0 Å². The number of fused-ring (bicyclic) bond motifs is 2. The molecule has 0 radical (unpaired) electrons. The van der Waals surface area contributed by atoms with Gasteiger partial charge in [-0.25, -0.2) is 0 Å². The lowest BCUT2D eigenvalue weighted by molar-refractivity contribution is -0.0437. The van der Waals surface area contributed by atoms with Crippen LogP contribution in [0.5, 0.6) is 0 Å². The number of piperidine rings is 1. The van der Waals surface area contributed by atoms with Crippen molar-refractivity contribution < 1.29 is 5.11 Å². The summed E-state index contributed by atoms with van der Waals surface area (Å²) in [6.07, 6.45) is 5.20. The molecule has 2 bridgehead atoms. The lowest BCUT2D eigenvalue weighted by atomic mass is 9.81. The largest absolute Gasteiger partial charge is 0.389 e. The first-order valence-electron chi connectivity index (χ1n) is 8.00.